The summed E-state index contributed by atoms with van der Waals surface area (Å²) in [5.74, 6) is 0. The van der Waals surface area contributed by atoms with Crippen molar-refractivity contribution in [1.29, 1.82) is 0 Å². The van der Waals surface area contributed by atoms with Gasteiger partial charge in [-0.3, -0.25) is 9.69 Å². The van der Waals surface area contributed by atoms with E-state index in [1.165, 1.54) is 42.6 Å². The molecule has 0 saturated carbocycles. The van der Waals surface area contributed by atoms with Gasteiger partial charge in [0.2, 0.25) is 0 Å². The minimum absolute atomic E-state index is 0.0538. The zero-order valence-electron chi connectivity index (χ0n) is 17.8. The van der Waals surface area contributed by atoms with Gasteiger partial charge in [0.15, 0.2) is 0 Å². The van der Waals surface area contributed by atoms with Crippen molar-refractivity contribution in [2.75, 3.05) is 25.0 Å². The molecule has 30 heavy (non-hydrogen) atoms. The first-order chi connectivity index (χ1) is 14.7. The highest BCUT2D eigenvalue weighted by atomic mass is 16.1. The Kier molecular flexibility index (Phi) is 6.65. The maximum Gasteiger partial charge on any atom is 0.252 e. The molecule has 0 amide bonds. The Labute approximate surface area is 179 Å². The first kappa shape index (κ1) is 20.4. The Morgan fingerprint density at radius 3 is 2.27 bits per heavy atom. The van der Waals surface area contributed by atoms with E-state index < -0.39 is 0 Å². The third kappa shape index (κ3) is 5.39. The molecule has 0 spiro atoms. The number of aromatic nitrogens is 1. The first-order valence-electron chi connectivity index (χ1n) is 10.9. The Morgan fingerprint density at radius 1 is 0.867 bits per heavy atom. The van der Waals surface area contributed by atoms with Crippen molar-refractivity contribution in [2.24, 2.45) is 0 Å². The molecule has 1 saturated heterocycles. The maximum absolute atomic E-state index is 12.6. The van der Waals surface area contributed by atoms with E-state index in [9.17, 15) is 4.79 Å². The van der Waals surface area contributed by atoms with Crippen LogP contribution in [0, 0.1) is 0 Å². The van der Waals surface area contributed by atoms with Crippen LogP contribution in [0.3, 0.4) is 0 Å². The topological polar surface area (TPSA) is 28.5 Å². The summed E-state index contributed by atoms with van der Waals surface area (Å²) in [5.41, 5.74) is 4.89. The Hall–Kier alpha value is -2.85. The lowest BCUT2D eigenvalue weighted by atomic mass is 10.1. The Morgan fingerprint density at radius 2 is 1.57 bits per heavy atom. The van der Waals surface area contributed by atoms with Gasteiger partial charge in [-0.1, -0.05) is 54.6 Å². The lowest BCUT2D eigenvalue weighted by molar-refractivity contribution is 0.331. The summed E-state index contributed by atoms with van der Waals surface area (Å²) in [6, 6.07) is 23.0. The Balaban J connectivity index is 1.33. The maximum atomic E-state index is 12.6. The summed E-state index contributed by atoms with van der Waals surface area (Å²) >= 11 is 0. The van der Waals surface area contributed by atoms with Crippen molar-refractivity contribution >= 4 is 5.69 Å². The molecule has 2 aromatic carbocycles. The van der Waals surface area contributed by atoms with Crippen molar-refractivity contribution in [3.05, 3.63) is 100.0 Å². The van der Waals surface area contributed by atoms with E-state index in [1.807, 2.05) is 37.5 Å². The third-order valence-corrected chi connectivity index (χ3v) is 5.95. The highest BCUT2D eigenvalue weighted by Gasteiger charge is 2.11. The second-order valence-electron chi connectivity index (χ2n) is 8.31. The molecule has 0 N–H and O–H groups in total. The summed E-state index contributed by atoms with van der Waals surface area (Å²) in [6.45, 7) is 4.99. The zero-order chi connectivity index (χ0) is 20.8. The van der Waals surface area contributed by atoms with Crippen molar-refractivity contribution in [3.8, 4) is 0 Å². The van der Waals surface area contributed by atoms with Crippen LogP contribution < -0.4 is 10.5 Å². The molecule has 0 radical (unpaired) electrons. The van der Waals surface area contributed by atoms with E-state index in [1.54, 1.807) is 10.6 Å². The molecule has 4 rings (SSSR count). The number of hydrogen-bond donors (Lipinski definition) is 0. The van der Waals surface area contributed by atoms with Crippen LogP contribution in [0.4, 0.5) is 5.69 Å². The average molecular weight is 402 g/mol. The SMILES string of the molecule is CN(Cc1ccccc1)c1ccn(CCc2ccc(CN3CCCC3)cc2)c(=O)c1. The van der Waals surface area contributed by atoms with Gasteiger partial charge in [-0.25, -0.2) is 0 Å². The number of nitrogens with zero attached hydrogens (tertiary/aromatic N) is 3. The second kappa shape index (κ2) is 9.77. The molecule has 3 aromatic rings. The van der Waals surface area contributed by atoms with E-state index >= 15 is 0 Å². The van der Waals surface area contributed by atoms with Gasteiger partial charge in [-0.2, -0.15) is 0 Å². The molecule has 156 valence electrons. The lowest BCUT2D eigenvalue weighted by Crippen LogP contribution is -2.23. The summed E-state index contributed by atoms with van der Waals surface area (Å²) in [5, 5.41) is 0. The van der Waals surface area contributed by atoms with Crippen LogP contribution in [0.25, 0.3) is 0 Å². The van der Waals surface area contributed by atoms with Crippen molar-refractivity contribution < 1.29 is 0 Å². The second-order valence-corrected chi connectivity index (χ2v) is 8.31. The number of pyridine rings is 1. The van der Waals surface area contributed by atoms with Gasteiger partial charge >= 0.3 is 0 Å². The summed E-state index contributed by atoms with van der Waals surface area (Å²) in [6.07, 6.45) is 5.44. The average Bonchev–Trinajstić information content (AvgIpc) is 3.27. The fraction of sp³-hybridized carbons (Fsp3) is 0.346. The van der Waals surface area contributed by atoms with Gasteiger partial charge in [-0.15, -0.1) is 0 Å². The summed E-state index contributed by atoms with van der Waals surface area (Å²) in [4.78, 5) is 17.2. The van der Waals surface area contributed by atoms with Gasteiger partial charge in [0.25, 0.3) is 5.56 Å². The molecule has 0 unspecified atom stereocenters. The first-order valence-corrected chi connectivity index (χ1v) is 10.9. The smallest absolute Gasteiger partial charge is 0.252 e. The van der Waals surface area contributed by atoms with Crippen molar-refractivity contribution in [2.45, 2.75) is 38.9 Å². The van der Waals surface area contributed by atoms with E-state index in [0.717, 1.165) is 25.2 Å². The minimum Gasteiger partial charge on any atom is -0.370 e. The lowest BCUT2D eigenvalue weighted by Gasteiger charge is -2.20. The molecule has 1 aromatic heterocycles. The number of hydrogen-bond acceptors (Lipinski definition) is 3. The standard InChI is InChI=1S/C26H31N3O/c1-27(20-23-7-3-2-4-8-23)25-14-18-29(26(30)19-25)17-13-22-9-11-24(12-10-22)21-28-15-5-6-16-28/h2-4,7-12,14,18-19H,5-6,13,15-17,20-21H2,1H3. The molecule has 4 nitrogen and oxygen atoms in total. The number of likely N-dealkylation sites (tertiary alicyclic amines) is 1. The molecule has 4 heteroatoms. The monoisotopic (exact) mass is 401 g/mol. The molecule has 0 aliphatic carbocycles. The zero-order valence-corrected chi connectivity index (χ0v) is 17.8. The fourth-order valence-corrected chi connectivity index (χ4v) is 4.13. The van der Waals surface area contributed by atoms with Gasteiger partial charge in [-0.05, 0) is 55.1 Å². The van der Waals surface area contributed by atoms with Crippen LogP contribution in [0.5, 0.6) is 0 Å². The van der Waals surface area contributed by atoms with Crippen LogP contribution in [0.2, 0.25) is 0 Å². The molecule has 1 aliphatic rings. The quantitative estimate of drug-likeness (QED) is 0.563. The number of aryl methyl sites for hydroxylation is 2. The van der Waals surface area contributed by atoms with E-state index in [0.29, 0.717) is 6.54 Å². The molecule has 2 heterocycles. The number of anilines is 1. The molecule has 1 aliphatic heterocycles. The minimum atomic E-state index is 0.0538. The van der Waals surface area contributed by atoms with Crippen molar-refractivity contribution in [1.82, 2.24) is 9.47 Å². The van der Waals surface area contributed by atoms with Crippen LogP contribution in [0.15, 0.2) is 77.7 Å². The summed E-state index contributed by atoms with van der Waals surface area (Å²) in [7, 11) is 2.02. The van der Waals surface area contributed by atoms with Gasteiger partial charge in [0.05, 0.1) is 0 Å². The van der Waals surface area contributed by atoms with Crippen LogP contribution in [0.1, 0.15) is 29.5 Å². The van der Waals surface area contributed by atoms with Crippen LogP contribution in [-0.2, 0) is 26.1 Å². The molecule has 0 atom stereocenters. The normalized spacial score (nSPS) is 14.2. The highest BCUT2D eigenvalue weighted by molar-refractivity contribution is 5.44. The number of benzene rings is 2. The largest absolute Gasteiger partial charge is 0.370 e. The molecular formula is C26H31N3O. The van der Waals surface area contributed by atoms with Gasteiger partial charge in [0, 0.05) is 44.6 Å². The highest BCUT2D eigenvalue weighted by Crippen LogP contribution is 2.15. The van der Waals surface area contributed by atoms with Gasteiger partial charge in [0.1, 0.15) is 0 Å². The Bertz CT molecular complexity index is 989. The molecular weight excluding hydrogens is 370 g/mol. The van der Waals surface area contributed by atoms with E-state index in [2.05, 4.69) is 46.2 Å². The molecule has 0 bridgehead atoms. The van der Waals surface area contributed by atoms with Crippen LogP contribution in [-0.4, -0.2) is 29.6 Å². The van der Waals surface area contributed by atoms with Gasteiger partial charge < -0.3 is 9.47 Å². The van der Waals surface area contributed by atoms with Crippen molar-refractivity contribution in [3.63, 3.8) is 0 Å². The molecule has 1 fully saturated rings. The predicted octanol–water partition coefficient (Wildman–Crippen LogP) is 4.32. The predicted molar refractivity (Wildman–Crippen MR) is 124 cm³/mol. The summed E-state index contributed by atoms with van der Waals surface area (Å²) < 4.78 is 1.80. The number of rotatable bonds is 8. The fourth-order valence-electron chi connectivity index (χ4n) is 4.13. The van der Waals surface area contributed by atoms with Crippen LogP contribution >= 0.6 is 0 Å². The van der Waals surface area contributed by atoms with E-state index in [4.69, 9.17) is 0 Å². The third-order valence-electron chi connectivity index (χ3n) is 5.95. The van der Waals surface area contributed by atoms with E-state index in [-0.39, 0.29) is 5.56 Å².